The molecule has 6 heteroatoms. The SMILES string of the molecule is CCOC(=O)C(C[N+](=O)[O-])(OC)c1ccccc1. The van der Waals surface area contributed by atoms with Gasteiger partial charge in [0.2, 0.25) is 6.54 Å². The molecule has 1 unspecified atom stereocenters. The lowest BCUT2D eigenvalue weighted by atomic mass is 9.93. The minimum Gasteiger partial charge on any atom is -0.463 e. The zero-order valence-electron chi connectivity index (χ0n) is 10.3. The lowest BCUT2D eigenvalue weighted by Crippen LogP contribution is -2.45. The number of ether oxygens (including phenoxy) is 2. The van der Waals surface area contributed by atoms with Gasteiger partial charge in [-0.1, -0.05) is 30.3 Å². The van der Waals surface area contributed by atoms with Gasteiger partial charge in [0.1, 0.15) is 0 Å². The van der Waals surface area contributed by atoms with E-state index in [-0.39, 0.29) is 6.61 Å². The molecular formula is C12H15NO5. The molecule has 1 atom stereocenters. The molecule has 0 aromatic heterocycles. The highest BCUT2D eigenvalue weighted by Gasteiger charge is 2.47. The van der Waals surface area contributed by atoms with Crippen LogP contribution in [0.3, 0.4) is 0 Å². The van der Waals surface area contributed by atoms with E-state index in [9.17, 15) is 14.9 Å². The number of carbonyl (C=O) groups is 1. The summed E-state index contributed by atoms with van der Waals surface area (Å²) < 4.78 is 10.0. The van der Waals surface area contributed by atoms with Crippen LogP contribution < -0.4 is 0 Å². The van der Waals surface area contributed by atoms with Crippen molar-refractivity contribution >= 4 is 5.97 Å². The Kier molecular flexibility index (Phi) is 4.79. The summed E-state index contributed by atoms with van der Waals surface area (Å²) >= 11 is 0. The molecule has 0 aliphatic carbocycles. The predicted octanol–water partition coefficient (Wildman–Crippen LogP) is 1.37. The number of hydrogen-bond acceptors (Lipinski definition) is 5. The van der Waals surface area contributed by atoms with Crippen molar-refractivity contribution in [3.63, 3.8) is 0 Å². The molecular weight excluding hydrogens is 238 g/mol. The van der Waals surface area contributed by atoms with Gasteiger partial charge < -0.3 is 9.47 Å². The first kappa shape index (κ1) is 14.1. The molecule has 0 saturated carbocycles. The molecule has 0 saturated heterocycles. The fourth-order valence-corrected chi connectivity index (χ4v) is 1.68. The largest absolute Gasteiger partial charge is 0.463 e. The van der Waals surface area contributed by atoms with E-state index in [4.69, 9.17) is 9.47 Å². The summed E-state index contributed by atoms with van der Waals surface area (Å²) in [6.07, 6.45) is 0. The second-order valence-corrected chi connectivity index (χ2v) is 3.61. The van der Waals surface area contributed by atoms with Crippen LogP contribution in [0.15, 0.2) is 30.3 Å². The normalized spacial score (nSPS) is 13.7. The third-order valence-corrected chi connectivity index (χ3v) is 2.55. The van der Waals surface area contributed by atoms with Gasteiger partial charge in [-0.05, 0) is 6.92 Å². The number of nitrogens with zero attached hydrogens (tertiary/aromatic N) is 1. The summed E-state index contributed by atoms with van der Waals surface area (Å²) in [4.78, 5) is 22.2. The Morgan fingerprint density at radius 1 is 1.39 bits per heavy atom. The fourth-order valence-electron chi connectivity index (χ4n) is 1.68. The average Bonchev–Trinajstić information content (AvgIpc) is 2.37. The molecule has 1 rings (SSSR count). The van der Waals surface area contributed by atoms with Gasteiger partial charge in [0, 0.05) is 17.6 Å². The van der Waals surface area contributed by atoms with E-state index in [1.807, 2.05) is 0 Å². The van der Waals surface area contributed by atoms with E-state index in [0.717, 1.165) is 0 Å². The van der Waals surface area contributed by atoms with Gasteiger partial charge in [-0.25, -0.2) is 4.79 Å². The first-order valence-corrected chi connectivity index (χ1v) is 5.46. The van der Waals surface area contributed by atoms with Crippen LogP contribution in [0.5, 0.6) is 0 Å². The molecule has 0 radical (unpaired) electrons. The van der Waals surface area contributed by atoms with Gasteiger partial charge in [-0.2, -0.15) is 0 Å². The zero-order chi connectivity index (χ0) is 13.6. The summed E-state index contributed by atoms with van der Waals surface area (Å²) in [5.74, 6) is -0.754. The maximum absolute atomic E-state index is 12.0. The number of rotatable bonds is 6. The maximum Gasteiger partial charge on any atom is 0.350 e. The molecule has 0 aliphatic heterocycles. The number of carbonyl (C=O) groups excluding carboxylic acids is 1. The molecule has 1 aromatic rings. The van der Waals surface area contributed by atoms with Crippen LogP contribution in [-0.2, 0) is 19.9 Å². The summed E-state index contributed by atoms with van der Waals surface area (Å²) in [7, 11) is 1.26. The predicted molar refractivity (Wildman–Crippen MR) is 63.6 cm³/mol. The third kappa shape index (κ3) is 2.84. The number of nitro groups is 1. The smallest absolute Gasteiger partial charge is 0.350 e. The molecule has 0 spiro atoms. The first-order chi connectivity index (χ1) is 8.56. The molecule has 0 heterocycles. The van der Waals surface area contributed by atoms with Gasteiger partial charge >= 0.3 is 5.97 Å². The van der Waals surface area contributed by atoms with Gasteiger partial charge in [-0.15, -0.1) is 0 Å². The molecule has 0 fully saturated rings. The van der Waals surface area contributed by atoms with E-state index in [0.29, 0.717) is 5.56 Å². The summed E-state index contributed by atoms with van der Waals surface area (Å²) in [6, 6.07) is 8.32. The Morgan fingerprint density at radius 2 is 2.00 bits per heavy atom. The van der Waals surface area contributed by atoms with E-state index >= 15 is 0 Å². The molecule has 6 nitrogen and oxygen atoms in total. The van der Waals surface area contributed by atoms with Crippen LogP contribution in [0.2, 0.25) is 0 Å². The van der Waals surface area contributed by atoms with Crippen LogP contribution in [0, 0.1) is 10.1 Å². The van der Waals surface area contributed by atoms with Crippen LogP contribution in [0.25, 0.3) is 0 Å². The third-order valence-electron chi connectivity index (χ3n) is 2.55. The van der Waals surface area contributed by atoms with Crippen molar-refractivity contribution in [2.24, 2.45) is 0 Å². The van der Waals surface area contributed by atoms with Crippen molar-refractivity contribution in [1.29, 1.82) is 0 Å². The lowest BCUT2D eigenvalue weighted by molar-refractivity contribution is -0.500. The van der Waals surface area contributed by atoms with Crippen molar-refractivity contribution in [3.8, 4) is 0 Å². The Labute approximate surface area is 105 Å². The minimum absolute atomic E-state index is 0.133. The van der Waals surface area contributed by atoms with Crippen molar-refractivity contribution in [1.82, 2.24) is 0 Å². The standard InChI is InChI=1S/C12H15NO5/c1-3-18-11(14)12(17-2,9-13(15)16)10-7-5-4-6-8-10/h4-8H,3,9H2,1-2H3. The van der Waals surface area contributed by atoms with Crippen LogP contribution in [-0.4, -0.2) is 31.2 Å². The molecule has 0 amide bonds. The monoisotopic (exact) mass is 253 g/mol. The topological polar surface area (TPSA) is 78.7 Å². The number of esters is 1. The Bertz CT molecular complexity index is 420. The molecule has 0 N–H and O–H groups in total. The van der Waals surface area contributed by atoms with Crippen molar-refractivity contribution in [2.45, 2.75) is 12.5 Å². The Hall–Kier alpha value is -1.95. The Morgan fingerprint density at radius 3 is 2.44 bits per heavy atom. The van der Waals surface area contributed by atoms with Gasteiger partial charge in [0.05, 0.1) is 6.61 Å². The van der Waals surface area contributed by atoms with Crippen molar-refractivity contribution in [3.05, 3.63) is 46.0 Å². The molecule has 18 heavy (non-hydrogen) atoms. The van der Waals surface area contributed by atoms with E-state index < -0.39 is 23.0 Å². The highest BCUT2D eigenvalue weighted by atomic mass is 16.6. The zero-order valence-corrected chi connectivity index (χ0v) is 10.3. The second-order valence-electron chi connectivity index (χ2n) is 3.61. The van der Waals surface area contributed by atoms with Gasteiger partial charge in [0.15, 0.2) is 0 Å². The van der Waals surface area contributed by atoms with Crippen LogP contribution in [0.1, 0.15) is 12.5 Å². The van der Waals surface area contributed by atoms with E-state index in [1.165, 1.54) is 7.11 Å². The van der Waals surface area contributed by atoms with Gasteiger partial charge in [0.25, 0.3) is 5.60 Å². The number of benzene rings is 1. The van der Waals surface area contributed by atoms with Gasteiger partial charge in [-0.3, -0.25) is 10.1 Å². The average molecular weight is 253 g/mol. The summed E-state index contributed by atoms with van der Waals surface area (Å²) in [6.45, 7) is 1.09. The Balaban J connectivity index is 3.22. The summed E-state index contributed by atoms with van der Waals surface area (Å²) in [5.41, 5.74) is -1.29. The molecule has 0 bridgehead atoms. The lowest BCUT2D eigenvalue weighted by Gasteiger charge is -2.26. The molecule has 98 valence electrons. The van der Waals surface area contributed by atoms with Crippen molar-refractivity contribution in [2.75, 3.05) is 20.3 Å². The first-order valence-electron chi connectivity index (χ1n) is 5.46. The van der Waals surface area contributed by atoms with E-state index in [1.54, 1.807) is 37.3 Å². The number of methoxy groups -OCH3 is 1. The maximum atomic E-state index is 12.0. The minimum atomic E-state index is -1.69. The van der Waals surface area contributed by atoms with Crippen LogP contribution >= 0.6 is 0 Å². The fraction of sp³-hybridized carbons (Fsp3) is 0.417. The highest BCUT2D eigenvalue weighted by Crippen LogP contribution is 2.27. The van der Waals surface area contributed by atoms with Crippen molar-refractivity contribution < 1.29 is 19.2 Å². The molecule has 1 aromatic carbocycles. The second kappa shape index (κ2) is 6.11. The number of hydrogen-bond donors (Lipinski definition) is 0. The quantitative estimate of drug-likeness (QED) is 0.434. The van der Waals surface area contributed by atoms with Crippen LogP contribution in [0.4, 0.5) is 0 Å². The molecule has 0 aliphatic rings. The summed E-state index contributed by atoms with van der Waals surface area (Å²) in [5, 5.41) is 10.8. The highest BCUT2D eigenvalue weighted by molar-refractivity contribution is 5.81. The van der Waals surface area contributed by atoms with E-state index in [2.05, 4.69) is 0 Å².